The third-order valence-corrected chi connectivity index (χ3v) is 4.37. The molecule has 0 aromatic heterocycles. The van der Waals surface area contributed by atoms with Gasteiger partial charge in [-0.3, -0.25) is 4.79 Å². The lowest BCUT2D eigenvalue weighted by Crippen LogP contribution is -2.17. The van der Waals surface area contributed by atoms with Gasteiger partial charge in [0.15, 0.2) is 0 Å². The lowest BCUT2D eigenvalue weighted by Gasteiger charge is -2.16. The van der Waals surface area contributed by atoms with Crippen molar-refractivity contribution in [2.45, 2.75) is 123 Å². The fourth-order valence-electron chi connectivity index (χ4n) is 2.79. The fraction of sp³-hybridized carbons (Fsp3) is 0.950. The van der Waals surface area contributed by atoms with Crippen molar-refractivity contribution in [3.05, 3.63) is 0 Å². The zero-order chi connectivity index (χ0) is 16.5. The molecule has 1 atom stereocenters. The maximum atomic E-state index is 11.9. The summed E-state index contributed by atoms with van der Waals surface area (Å²) in [5.74, 6) is 0.0216. The Morgan fingerprint density at radius 3 is 1.77 bits per heavy atom. The highest BCUT2D eigenvalue weighted by atomic mass is 16.5. The molecule has 0 aliphatic heterocycles. The van der Waals surface area contributed by atoms with Crippen LogP contribution in [0.4, 0.5) is 0 Å². The van der Waals surface area contributed by atoms with Crippen LogP contribution in [-0.4, -0.2) is 12.1 Å². The molecule has 0 aromatic rings. The van der Waals surface area contributed by atoms with E-state index in [-0.39, 0.29) is 12.1 Å². The van der Waals surface area contributed by atoms with Crippen molar-refractivity contribution >= 4 is 5.97 Å². The van der Waals surface area contributed by atoms with E-state index in [9.17, 15) is 4.79 Å². The second-order valence-electron chi connectivity index (χ2n) is 6.59. The van der Waals surface area contributed by atoms with Gasteiger partial charge in [-0.25, -0.2) is 0 Å². The standard InChI is InChI=1S/C20H40O2/c1-4-7-9-11-13-15-17-19(6-3)22-20(21)18-16-14-12-10-8-5-2/h19H,4-18H2,1-3H3. The Morgan fingerprint density at radius 2 is 1.23 bits per heavy atom. The molecule has 0 bridgehead atoms. The monoisotopic (exact) mass is 312 g/mol. The largest absolute Gasteiger partial charge is 0.462 e. The quantitative estimate of drug-likeness (QED) is 0.231. The van der Waals surface area contributed by atoms with Crippen LogP contribution in [0.5, 0.6) is 0 Å². The third kappa shape index (κ3) is 14.4. The lowest BCUT2D eigenvalue weighted by molar-refractivity contribution is -0.149. The number of hydrogen-bond donors (Lipinski definition) is 0. The van der Waals surface area contributed by atoms with Gasteiger partial charge in [-0.05, 0) is 25.7 Å². The van der Waals surface area contributed by atoms with Crippen LogP contribution in [0.3, 0.4) is 0 Å². The Hall–Kier alpha value is -0.530. The average Bonchev–Trinajstić information content (AvgIpc) is 2.52. The summed E-state index contributed by atoms with van der Waals surface area (Å²) >= 11 is 0. The molecule has 0 rings (SSSR count). The van der Waals surface area contributed by atoms with Gasteiger partial charge < -0.3 is 4.74 Å². The van der Waals surface area contributed by atoms with E-state index >= 15 is 0 Å². The summed E-state index contributed by atoms with van der Waals surface area (Å²) in [4.78, 5) is 11.9. The minimum absolute atomic E-state index is 0.0216. The van der Waals surface area contributed by atoms with Crippen LogP contribution >= 0.6 is 0 Å². The van der Waals surface area contributed by atoms with Gasteiger partial charge in [0, 0.05) is 6.42 Å². The minimum Gasteiger partial charge on any atom is -0.462 e. The smallest absolute Gasteiger partial charge is 0.306 e. The van der Waals surface area contributed by atoms with Gasteiger partial charge in [0.25, 0.3) is 0 Å². The number of carbonyl (C=O) groups is 1. The third-order valence-electron chi connectivity index (χ3n) is 4.37. The van der Waals surface area contributed by atoms with Crippen molar-refractivity contribution in [3.8, 4) is 0 Å². The Balaban J connectivity index is 3.54. The molecule has 0 saturated heterocycles. The summed E-state index contributed by atoms with van der Waals surface area (Å²) < 4.78 is 5.62. The van der Waals surface area contributed by atoms with E-state index in [2.05, 4.69) is 20.8 Å². The SMILES string of the molecule is CCCCCCCCC(=O)OC(CC)CCCCCCCC. The van der Waals surface area contributed by atoms with Crippen LogP contribution in [0, 0.1) is 0 Å². The highest BCUT2D eigenvalue weighted by Crippen LogP contribution is 2.14. The predicted octanol–water partition coefficient (Wildman–Crippen LogP) is 6.81. The van der Waals surface area contributed by atoms with Crippen LogP contribution in [0.2, 0.25) is 0 Å². The van der Waals surface area contributed by atoms with Crippen molar-refractivity contribution in [1.29, 1.82) is 0 Å². The van der Waals surface area contributed by atoms with E-state index in [0.29, 0.717) is 6.42 Å². The highest BCUT2D eigenvalue weighted by Gasteiger charge is 2.11. The van der Waals surface area contributed by atoms with Crippen LogP contribution in [0.15, 0.2) is 0 Å². The predicted molar refractivity (Wildman–Crippen MR) is 96.2 cm³/mol. The van der Waals surface area contributed by atoms with Crippen molar-refractivity contribution in [1.82, 2.24) is 0 Å². The molecule has 132 valence electrons. The molecule has 0 aromatic carbocycles. The van der Waals surface area contributed by atoms with E-state index in [0.717, 1.165) is 19.3 Å². The molecule has 0 fully saturated rings. The molecule has 22 heavy (non-hydrogen) atoms. The zero-order valence-electron chi connectivity index (χ0n) is 15.5. The van der Waals surface area contributed by atoms with E-state index < -0.39 is 0 Å². The van der Waals surface area contributed by atoms with Gasteiger partial charge in [-0.15, -0.1) is 0 Å². The van der Waals surface area contributed by atoms with Gasteiger partial charge in [0.2, 0.25) is 0 Å². The van der Waals surface area contributed by atoms with Crippen LogP contribution < -0.4 is 0 Å². The lowest BCUT2D eigenvalue weighted by atomic mass is 10.1. The minimum atomic E-state index is 0.0216. The normalized spacial score (nSPS) is 12.3. The Kier molecular flexibility index (Phi) is 16.4. The average molecular weight is 313 g/mol. The van der Waals surface area contributed by atoms with Crippen molar-refractivity contribution in [2.24, 2.45) is 0 Å². The van der Waals surface area contributed by atoms with E-state index in [4.69, 9.17) is 4.74 Å². The topological polar surface area (TPSA) is 26.3 Å². The maximum Gasteiger partial charge on any atom is 0.306 e. The first kappa shape index (κ1) is 21.5. The molecule has 0 spiro atoms. The van der Waals surface area contributed by atoms with Gasteiger partial charge in [-0.2, -0.15) is 0 Å². The number of rotatable bonds is 16. The second kappa shape index (κ2) is 16.8. The molecule has 1 unspecified atom stereocenters. The van der Waals surface area contributed by atoms with Crippen LogP contribution in [0.25, 0.3) is 0 Å². The highest BCUT2D eigenvalue weighted by molar-refractivity contribution is 5.69. The van der Waals surface area contributed by atoms with Gasteiger partial charge in [0.05, 0.1) is 0 Å². The van der Waals surface area contributed by atoms with E-state index in [1.54, 1.807) is 0 Å². The molecule has 0 heterocycles. The summed E-state index contributed by atoms with van der Waals surface area (Å²) in [5.41, 5.74) is 0. The maximum absolute atomic E-state index is 11.9. The van der Waals surface area contributed by atoms with E-state index in [1.165, 1.54) is 70.6 Å². The summed E-state index contributed by atoms with van der Waals surface area (Å²) in [7, 11) is 0. The number of ether oxygens (including phenoxy) is 1. The van der Waals surface area contributed by atoms with Crippen LogP contribution in [-0.2, 0) is 9.53 Å². The summed E-state index contributed by atoms with van der Waals surface area (Å²) in [6.07, 6.45) is 17.9. The first-order chi connectivity index (χ1) is 10.7. The first-order valence-corrected chi connectivity index (χ1v) is 9.94. The van der Waals surface area contributed by atoms with Crippen LogP contribution in [0.1, 0.15) is 117 Å². The van der Waals surface area contributed by atoms with Crippen molar-refractivity contribution in [3.63, 3.8) is 0 Å². The Bertz CT molecular complexity index is 238. The summed E-state index contributed by atoms with van der Waals surface area (Å²) in [5, 5.41) is 0. The summed E-state index contributed by atoms with van der Waals surface area (Å²) in [6.45, 7) is 6.60. The molecule has 0 saturated carbocycles. The van der Waals surface area contributed by atoms with E-state index in [1.807, 2.05) is 0 Å². The Morgan fingerprint density at radius 1 is 0.727 bits per heavy atom. The molecule has 0 N–H and O–H groups in total. The molecule has 0 radical (unpaired) electrons. The van der Waals surface area contributed by atoms with Crippen molar-refractivity contribution in [2.75, 3.05) is 0 Å². The first-order valence-electron chi connectivity index (χ1n) is 9.94. The number of hydrogen-bond acceptors (Lipinski definition) is 2. The number of unbranched alkanes of at least 4 members (excludes halogenated alkanes) is 10. The second-order valence-corrected chi connectivity index (χ2v) is 6.59. The number of esters is 1. The number of carbonyl (C=O) groups excluding carboxylic acids is 1. The molecule has 0 amide bonds. The zero-order valence-corrected chi connectivity index (χ0v) is 15.5. The molecule has 0 aliphatic rings. The Labute approximate surface area is 139 Å². The molecule has 2 heteroatoms. The fourth-order valence-corrected chi connectivity index (χ4v) is 2.79. The van der Waals surface area contributed by atoms with Gasteiger partial charge in [-0.1, -0.05) is 85.0 Å². The molecule has 0 aliphatic carbocycles. The molecule has 2 nitrogen and oxygen atoms in total. The van der Waals surface area contributed by atoms with Crippen molar-refractivity contribution < 1.29 is 9.53 Å². The molecular weight excluding hydrogens is 272 g/mol. The van der Waals surface area contributed by atoms with Gasteiger partial charge >= 0.3 is 5.97 Å². The summed E-state index contributed by atoms with van der Waals surface area (Å²) in [6, 6.07) is 0. The van der Waals surface area contributed by atoms with Gasteiger partial charge in [0.1, 0.15) is 6.10 Å². The molecular formula is C20H40O2.